The molecule has 3 aliphatic heterocycles. The third-order valence-corrected chi connectivity index (χ3v) is 4.83. The predicted octanol–water partition coefficient (Wildman–Crippen LogP) is 1.72. The third kappa shape index (κ3) is 3.54. The first-order chi connectivity index (χ1) is 10.3. The van der Waals surface area contributed by atoms with Crippen LogP contribution in [0.15, 0.2) is 0 Å². The molecule has 3 fully saturated rings. The maximum atomic E-state index is 13.4. The third-order valence-electron chi connectivity index (χ3n) is 4.83. The summed E-state index contributed by atoms with van der Waals surface area (Å²) >= 11 is 0. The van der Waals surface area contributed by atoms with E-state index < -0.39 is 11.8 Å². The molecule has 0 aliphatic carbocycles. The molecular formula is C16H28FN3O2. The molecule has 3 rings (SSSR count). The summed E-state index contributed by atoms with van der Waals surface area (Å²) in [5, 5.41) is 0. The van der Waals surface area contributed by atoms with Crippen LogP contribution in [-0.2, 0) is 4.74 Å². The van der Waals surface area contributed by atoms with Gasteiger partial charge in [-0.15, -0.1) is 0 Å². The van der Waals surface area contributed by atoms with Crippen LogP contribution in [0.2, 0.25) is 0 Å². The van der Waals surface area contributed by atoms with Crippen molar-refractivity contribution in [2.45, 2.75) is 57.5 Å². The molecule has 0 bridgehead atoms. The van der Waals surface area contributed by atoms with Gasteiger partial charge in [0.05, 0.1) is 0 Å². The minimum atomic E-state index is -0.644. The summed E-state index contributed by atoms with van der Waals surface area (Å²) in [5.41, 5.74) is -0.429. The average molecular weight is 313 g/mol. The van der Waals surface area contributed by atoms with Gasteiger partial charge in [0, 0.05) is 44.8 Å². The lowest BCUT2D eigenvalue weighted by Crippen LogP contribution is -2.71. The fourth-order valence-corrected chi connectivity index (χ4v) is 3.46. The molecule has 0 aromatic heterocycles. The van der Waals surface area contributed by atoms with Gasteiger partial charge in [-0.05, 0) is 40.2 Å². The van der Waals surface area contributed by atoms with E-state index in [9.17, 15) is 9.18 Å². The highest BCUT2D eigenvalue weighted by Gasteiger charge is 2.43. The maximum Gasteiger partial charge on any atom is 0.410 e. The molecular weight excluding hydrogens is 285 g/mol. The second-order valence-corrected chi connectivity index (χ2v) is 7.88. The number of ether oxygens (including phenoxy) is 1. The first-order valence-corrected chi connectivity index (χ1v) is 8.42. The Morgan fingerprint density at radius 2 is 1.68 bits per heavy atom. The summed E-state index contributed by atoms with van der Waals surface area (Å²) in [6.45, 7) is 10.8. The standard InChI is InChI=1S/C16H28FN3O2/c1-16(2,3)22-15(21)20-10-14(11-20)19-8-13(9-19)18-6-4-5-12(17)7-18/h12-14H,4-11H2,1-3H3/t12-/m0/s1. The van der Waals surface area contributed by atoms with Gasteiger partial charge < -0.3 is 9.64 Å². The van der Waals surface area contributed by atoms with Crippen molar-refractivity contribution >= 4 is 6.09 Å². The molecule has 0 aromatic rings. The zero-order chi connectivity index (χ0) is 15.9. The largest absolute Gasteiger partial charge is 0.444 e. The van der Waals surface area contributed by atoms with E-state index in [0.717, 1.165) is 45.6 Å². The van der Waals surface area contributed by atoms with Crippen molar-refractivity contribution in [3.63, 3.8) is 0 Å². The lowest BCUT2D eigenvalue weighted by molar-refractivity contribution is -0.0654. The van der Waals surface area contributed by atoms with Gasteiger partial charge in [0.2, 0.25) is 0 Å². The van der Waals surface area contributed by atoms with Crippen LogP contribution in [0.4, 0.5) is 9.18 Å². The minimum Gasteiger partial charge on any atom is -0.444 e. The zero-order valence-electron chi connectivity index (χ0n) is 13.9. The summed E-state index contributed by atoms with van der Waals surface area (Å²) in [6.07, 6.45) is 0.847. The average Bonchev–Trinajstić information content (AvgIpc) is 2.27. The Hall–Kier alpha value is -0.880. The Balaban J connectivity index is 1.36. The predicted molar refractivity (Wildman–Crippen MR) is 82.7 cm³/mol. The van der Waals surface area contributed by atoms with Crippen molar-refractivity contribution in [3.05, 3.63) is 0 Å². The van der Waals surface area contributed by atoms with Crippen LogP contribution >= 0.6 is 0 Å². The van der Waals surface area contributed by atoms with E-state index in [1.807, 2.05) is 20.8 Å². The highest BCUT2D eigenvalue weighted by molar-refractivity contribution is 5.69. The van der Waals surface area contributed by atoms with E-state index in [0.29, 0.717) is 18.6 Å². The minimum absolute atomic E-state index is 0.211. The molecule has 3 aliphatic rings. The van der Waals surface area contributed by atoms with Crippen molar-refractivity contribution in [2.24, 2.45) is 0 Å². The van der Waals surface area contributed by atoms with E-state index in [-0.39, 0.29) is 6.09 Å². The van der Waals surface area contributed by atoms with Crippen LogP contribution in [0.5, 0.6) is 0 Å². The number of carbonyl (C=O) groups excluding carboxylic acids is 1. The van der Waals surface area contributed by atoms with Crippen LogP contribution in [0.1, 0.15) is 33.6 Å². The van der Waals surface area contributed by atoms with Crippen molar-refractivity contribution < 1.29 is 13.9 Å². The van der Waals surface area contributed by atoms with Gasteiger partial charge in [0.15, 0.2) is 0 Å². The fraction of sp³-hybridized carbons (Fsp3) is 0.938. The first kappa shape index (κ1) is 16.0. The quantitative estimate of drug-likeness (QED) is 0.778. The van der Waals surface area contributed by atoms with Crippen LogP contribution in [0.3, 0.4) is 0 Å². The number of amides is 1. The Morgan fingerprint density at radius 1 is 1.05 bits per heavy atom. The Kier molecular flexibility index (Phi) is 4.34. The second-order valence-electron chi connectivity index (χ2n) is 7.88. The van der Waals surface area contributed by atoms with Gasteiger partial charge >= 0.3 is 6.09 Å². The molecule has 0 radical (unpaired) electrons. The summed E-state index contributed by atoms with van der Waals surface area (Å²) < 4.78 is 18.8. The SMILES string of the molecule is CC(C)(C)OC(=O)N1CC(N2CC(N3CCC[C@H](F)C3)C2)C1. The van der Waals surface area contributed by atoms with Gasteiger partial charge in [-0.25, -0.2) is 9.18 Å². The lowest BCUT2D eigenvalue weighted by atomic mass is 9.97. The molecule has 0 N–H and O–H groups in total. The van der Waals surface area contributed by atoms with Crippen molar-refractivity contribution in [1.82, 2.24) is 14.7 Å². The highest BCUT2D eigenvalue weighted by atomic mass is 19.1. The van der Waals surface area contributed by atoms with Gasteiger partial charge in [-0.2, -0.15) is 0 Å². The van der Waals surface area contributed by atoms with E-state index in [2.05, 4.69) is 9.80 Å². The van der Waals surface area contributed by atoms with Crippen LogP contribution in [0.25, 0.3) is 0 Å². The number of halogens is 1. The van der Waals surface area contributed by atoms with Gasteiger partial charge in [-0.1, -0.05) is 0 Å². The van der Waals surface area contributed by atoms with Crippen molar-refractivity contribution in [2.75, 3.05) is 39.3 Å². The number of likely N-dealkylation sites (tertiary alicyclic amines) is 3. The summed E-state index contributed by atoms with van der Waals surface area (Å²) in [7, 11) is 0. The smallest absolute Gasteiger partial charge is 0.410 e. The molecule has 0 unspecified atom stereocenters. The number of hydrogen-bond donors (Lipinski definition) is 0. The monoisotopic (exact) mass is 313 g/mol. The maximum absolute atomic E-state index is 13.4. The van der Waals surface area contributed by atoms with Gasteiger partial charge in [-0.3, -0.25) is 9.80 Å². The molecule has 1 atom stereocenters. The number of hydrogen-bond acceptors (Lipinski definition) is 4. The molecule has 0 spiro atoms. The molecule has 3 heterocycles. The lowest BCUT2D eigenvalue weighted by Gasteiger charge is -2.54. The van der Waals surface area contributed by atoms with Crippen molar-refractivity contribution in [3.8, 4) is 0 Å². The highest BCUT2D eigenvalue weighted by Crippen LogP contribution is 2.27. The van der Waals surface area contributed by atoms with E-state index in [1.54, 1.807) is 4.90 Å². The Morgan fingerprint density at radius 3 is 2.27 bits per heavy atom. The summed E-state index contributed by atoms with van der Waals surface area (Å²) in [6, 6.07) is 0.962. The number of alkyl halides is 1. The fourth-order valence-electron chi connectivity index (χ4n) is 3.46. The second kappa shape index (κ2) is 5.96. The molecule has 22 heavy (non-hydrogen) atoms. The van der Waals surface area contributed by atoms with E-state index in [1.165, 1.54) is 0 Å². The molecule has 0 aromatic carbocycles. The summed E-state index contributed by atoms with van der Waals surface area (Å²) in [5.74, 6) is 0. The number of piperidine rings is 1. The van der Waals surface area contributed by atoms with Crippen LogP contribution < -0.4 is 0 Å². The number of carbonyl (C=O) groups is 1. The number of rotatable bonds is 2. The number of nitrogens with zero attached hydrogens (tertiary/aromatic N) is 3. The van der Waals surface area contributed by atoms with Gasteiger partial charge in [0.1, 0.15) is 11.8 Å². The molecule has 0 saturated carbocycles. The normalized spacial score (nSPS) is 29.1. The van der Waals surface area contributed by atoms with E-state index >= 15 is 0 Å². The van der Waals surface area contributed by atoms with Crippen molar-refractivity contribution in [1.29, 1.82) is 0 Å². The zero-order valence-corrected chi connectivity index (χ0v) is 13.9. The first-order valence-electron chi connectivity index (χ1n) is 8.42. The van der Waals surface area contributed by atoms with Gasteiger partial charge in [0.25, 0.3) is 0 Å². The Labute approximate surface area is 132 Å². The summed E-state index contributed by atoms with van der Waals surface area (Å²) in [4.78, 5) is 18.4. The molecule has 3 saturated heterocycles. The van der Waals surface area contributed by atoms with Crippen LogP contribution in [0, 0.1) is 0 Å². The topological polar surface area (TPSA) is 36.0 Å². The molecule has 5 nitrogen and oxygen atoms in total. The van der Waals surface area contributed by atoms with E-state index in [4.69, 9.17) is 4.74 Å². The Bertz CT molecular complexity index is 414. The molecule has 6 heteroatoms. The molecule has 126 valence electrons. The van der Waals surface area contributed by atoms with Crippen LogP contribution in [-0.4, -0.2) is 83.9 Å². The molecule has 1 amide bonds.